The third-order valence-electron chi connectivity index (χ3n) is 2.45. The zero-order valence-electron chi connectivity index (χ0n) is 6.96. The Morgan fingerprint density at radius 2 is 2.08 bits per heavy atom. The topological polar surface area (TPSA) is 37.3 Å². The molecule has 2 rings (SSSR count). The molecule has 1 atom stereocenters. The van der Waals surface area contributed by atoms with Crippen LogP contribution in [0, 0.1) is 5.92 Å². The summed E-state index contributed by atoms with van der Waals surface area (Å²) in [6.45, 7) is 0. The van der Waals surface area contributed by atoms with E-state index in [9.17, 15) is 4.79 Å². The van der Waals surface area contributed by atoms with Crippen molar-refractivity contribution in [3.63, 3.8) is 0 Å². The first-order valence-corrected chi connectivity index (χ1v) is 4.96. The predicted molar refractivity (Wildman–Crippen MR) is 52.7 cm³/mol. The lowest BCUT2D eigenvalue weighted by Gasteiger charge is -1.98. The van der Waals surface area contributed by atoms with Gasteiger partial charge < -0.3 is 5.11 Å². The summed E-state index contributed by atoms with van der Waals surface area (Å²) < 4.78 is 1.03. The Hall–Kier alpha value is -0.830. The highest BCUT2D eigenvalue weighted by atomic mass is 79.9. The second-order valence-electron chi connectivity index (χ2n) is 3.36. The molecular weight excluding hydrogens is 232 g/mol. The van der Waals surface area contributed by atoms with Gasteiger partial charge in [-0.2, -0.15) is 0 Å². The summed E-state index contributed by atoms with van der Waals surface area (Å²) in [4.78, 5) is 10.7. The summed E-state index contributed by atoms with van der Waals surface area (Å²) in [6.07, 6.45) is 1.35. The quantitative estimate of drug-likeness (QED) is 0.818. The average Bonchev–Trinajstić information content (AvgIpc) is 2.46. The molecule has 0 aromatic heterocycles. The molecule has 0 unspecified atom stereocenters. The van der Waals surface area contributed by atoms with Crippen molar-refractivity contribution in [3.05, 3.63) is 33.8 Å². The lowest BCUT2D eigenvalue weighted by atomic mass is 10.1. The van der Waals surface area contributed by atoms with Gasteiger partial charge in [-0.3, -0.25) is 4.79 Å². The van der Waals surface area contributed by atoms with Crippen LogP contribution in [0.3, 0.4) is 0 Å². The van der Waals surface area contributed by atoms with Gasteiger partial charge in [0, 0.05) is 4.47 Å². The SMILES string of the molecule is O=C(O)[C@H]1Cc2ccc(Br)cc2C1. The fourth-order valence-corrected chi connectivity index (χ4v) is 2.17. The van der Waals surface area contributed by atoms with Crippen molar-refractivity contribution >= 4 is 21.9 Å². The standard InChI is InChI=1S/C10H9BrO2/c11-9-2-1-6-3-8(10(12)13)4-7(6)5-9/h1-2,5,8H,3-4H2,(H,12,13)/t8-/m0/s1. The Labute approximate surface area is 84.7 Å². The highest BCUT2D eigenvalue weighted by Gasteiger charge is 2.26. The highest BCUT2D eigenvalue weighted by molar-refractivity contribution is 9.10. The largest absolute Gasteiger partial charge is 0.481 e. The second kappa shape index (κ2) is 3.14. The first-order valence-electron chi connectivity index (χ1n) is 4.17. The van der Waals surface area contributed by atoms with Crippen LogP contribution in [0.5, 0.6) is 0 Å². The van der Waals surface area contributed by atoms with Crippen LogP contribution in [-0.2, 0) is 17.6 Å². The summed E-state index contributed by atoms with van der Waals surface area (Å²) in [7, 11) is 0. The maximum absolute atomic E-state index is 10.7. The first-order chi connectivity index (χ1) is 6.16. The lowest BCUT2D eigenvalue weighted by molar-refractivity contribution is -0.141. The van der Waals surface area contributed by atoms with Crippen molar-refractivity contribution in [2.24, 2.45) is 5.92 Å². The van der Waals surface area contributed by atoms with Crippen LogP contribution >= 0.6 is 15.9 Å². The second-order valence-corrected chi connectivity index (χ2v) is 4.27. The van der Waals surface area contributed by atoms with Gasteiger partial charge in [-0.1, -0.05) is 22.0 Å². The van der Waals surface area contributed by atoms with Gasteiger partial charge in [0.2, 0.25) is 0 Å². The molecule has 0 radical (unpaired) electrons. The molecule has 1 aromatic rings. The Morgan fingerprint density at radius 3 is 2.77 bits per heavy atom. The van der Waals surface area contributed by atoms with Crippen LogP contribution in [-0.4, -0.2) is 11.1 Å². The number of rotatable bonds is 1. The van der Waals surface area contributed by atoms with Crippen LogP contribution in [0.1, 0.15) is 11.1 Å². The zero-order valence-corrected chi connectivity index (χ0v) is 8.54. The molecule has 2 nitrogen and oxygen atoms in total. The normalized spacial score (nSPS) is 19.9. The number of aliphatic carboxylic acids is 1. The van der Waals surface area contributed by atoms with E-state index in [1.54, 1.807) is 0 Å². The van der Waals surface area contributed by atoms with Crippen molar-refractivity contribution in [2.75, 3.05) is 0 Å². The number of benzene rings is 1. The van der Waals surface area contributed by atoms with Gasteiger partial charge in [-0.15, -0.1) is 0 Å². The van der Waals surface area contributed by atoms with Crippen molar-refractivity contribution in [1.82, 2.24) is 0 Å². The van der Waals surface area contributed by atoms with E-state index < -0.39 is 5.97 Å². The number of carboxylic acids is 1. The maximum Gasteiger partial charge on any atom is 0.307 e. The van der Waals surface area contributed by atoms with Crippen molar-refractivity contribution in [3.8, 4) is 0 Å². The molecule has 0 spiro atoms. The van der Waals surface area contributed by atoms with E-state index in [-0.39, 0.29) is 5.92 Å². The Morgan fingerprint density at radius 1 is 1.38 bits per heavy atom. The summed E-state index contributed by atoms with van der Waals surface area (Å²) >= 11 is 3.37. The molecule has 0 saturated heterocycles. The van der Waals surface area contributed by atoms with E-state index in [0.29, 0.717) is 12.8 Å². The van der Waals surface area contributed by atoms with Gasteiger partial charge in [0.15, 0.2) is 0 Å². The number of halogens is 1. The van der Waals surface area contributed by atoms with Gasteiger partial charge in [-0.05, 0) is 36.1 Å². The van der Waals surface area contributed by atoms with E-state index >= 15 is 0 Å². The molecular formula is C10H9BrO2. The van der Waals surface area contributed by atoms with Gasteiger partial charge in [0.05, 0.1) is 5.92 Å². The van der Waals surface area contributed by atoms with E-state index in [4.69, 9.17) is 5.11 Å². The molecule has 1 aliphatic carbocycles. The molecule has 13 heavy (non-hydrogen) atoms. The number of carboxylic acid groups (broad SMARTS) is 1. The summed E-state index contributed by atoms with van der Waals surface area (Å²) in [5, 5.41) is 8.84. The smallest absolute Gasteiger partial charge is 0.307 e. The van der Waals surface area contributed by atoms with Crippen LogP contribution in [0.4, 0.5) is 0 Å². The van der Waals surface area contributed by atoms with Gasteiger partial charge in [-0.25, -0.2) is 0 Å². The zero-order chi connectivity index (χ0) is 9.42. The summed E-state index contributed by atoms with van der Waals surface area (Å²) in [5.41, 5.74) is 2.34. The fraction of sp³-hybridized carbons (Fsp3) is 0.300. The Bertz CT molecular complexity index is 360. The number of hydrogen-bond donors (Lipinski definition) is 1. The van der Waals surface area contributed by atoms with Gasteiger partial charge >= 0.3 is 5.97 Å². The molecule has 3 heteroatoms. The maximum atomic E-state index is 10.7. The van der Waals surface area contributed by atoms with E-state index in [1.165, 1.54) is 11.1 Å². The molecule has 0 aliphatic heterocycles. The molecule has 1 aromatic carbocycles. The first kappa shape index (κ1) is 8.75. The van der Waals surface area contributed by atoms with Crippen molar-refractivity contribution < 1.29 is 9.90 Å². The molecule has 0 amide bonds. The average molecular weight is 241 g/mol. The summed E-state index contributed by atoms with van der Waals surface area (Å²) in [5.74, 6) is -0.906. The van der Waals surface area contributed by atoms with Crippen LogP contribution in [0.15, 0.2) is 22.7 Å². The number of carbonyl (C=O) groups is 1. The van der Waals surface area contributed by atoms with Crippen molar-refractivity contribution in [2.45, 2.75) is 12.8 Å². The predicted octanol–water partition coefficient (Wildman–Crippen LogP) is 2.25. The van der Waals surface area contributed by atoms with Crippen LogP contribution < -0.4 is 0 Å². The fourth-order valence-electron chi connectivity index (χ4n) is 1.76. The van der Waals surface area contributed by atoms with Crippen molar-refractivity contribution in [1.29, 1.82) is 0 Å². The molecule has 0 saturated carbocycles. The van der Waals surface area contributed by atoms with Gasteiger partial charge in [0.1, 0.15) is 0 Å². The minimum absolute atomic E-state index is 0.218. The van der Waals surface area contributed by atoms with E-state index in [1.807, 2.05) is 18.2 Å². The van der Waals surface area contributed by atoms with Crippen LogP contribution in [0.2, 0.25) is 0 Å². The number of fused-ring (bicyclic) bond motifs is 1. The molecule has 0 fully saturated rings. The van der Waals surface area contributed by atoms with E-state index in [2.05, 4.69) is 15.9 Å². The van der Waals surface area contributed by atoms with Crippen LogP contribution in [0.25, 0.3) is 0 Å². The Balaban J connectivity index is 2.30. The molecule has 0 bridgehead atoms. The third-order valence-corrected chi connectivity index (χ3v) is 2.94. The molecule has 1 aliphatic rings. The summed E-state index contributed by atoms with van der Waals surface area (Å²) in [6, 6.07) is 5.98. The highest BCUT2D eigenvalue weighted by Crippen LogP contribution is 2.29. The molecule has 0 heterocycles. The van der Waals surface area contributed by atoms with Gasteiger partial charge in [0.25, 0.3) is 0 Å². The third kappa shape index (κ3) is 1.61. The molecule has 68 valence electrons. The van der Waals surface area contributed by atoms with E-state index in [0.717, 1.165) is 4.47 Å². The minimum atomic E-state index is -0.688. The minimum Gasteiger partial charge on any atom is -0.481 e. The Kier molecular flexibility index (Phi) is 2.12. The number of hydrogen-bond acceptors (Lipinski definition) is 1. The lowest BCUT2D eigenvalue weighted by Crippen LogP contribution is -2.12. The monoisotopic (exact) mass is 240 g/mol. The molecule has 1 N–H and O–H groups in total.